The number of aromatic nitrogens is 1. The second-order valence-electron chi connectivity index (χ2n) is 8.86. The smallest absolute Gasteiger partial charge is 0.475 e. The summed E-state index contributed by atoms with van der Waals surface area (Å²) in [4.78, 5) is 28.9. The molecule has 1 fully saturated rings. The van der Waals surface area contributed by atoms with Gasteiger partial charge in [0.05, 0.1) is 21.8 Å². The van der Waals surface area contributed by atoms with Crippen LogP contribution >= 0.6 is 15.9 Å². The van der Waals surface area contributed by atoms with Crippen LogP contribution in [0, 0.1) is 6.92 Å². The second-order valence-corrected chi connectivity index (χ2v) is 12.0. The van der Waals surface area contributed by atoms with E-state index in [9.17, 15) is 31.0 Å². The summed E-state index contributed by atoms with van der Waals surface area (Å²) < 4.78 is 77.2. The van der Waals surface area contributed by atoms with E-state index in [1.807, 2.05) is 0 Å². The average molecular weight is 658 g/mol. The molecule has 16 heteroatoms. The van der Waals surface area contributed by atoms with Gasteiger partial charge in [-0.3, -0.25) is 4.79 Å². The molecule has 2 aromatic rings. The van der Waals surface area contributed by atoms with Crippen molar-refractivity contribution in [1.82, 2.24) is 4.98 Å². The van der Waals surface area contributed by atoms with Gasteiger partial charge in [0.25, 0.3) is 5.91 Å². The van der Waals surface area contributed by atoms with E-state index in [1.165, 1.54) is 6.26 Å². The molecule has 1 saturated heterocycles. The number of amides is 1. The predicted molar refractivity (Wildman–Crippen MR) is 144 cm³/mol. The van der Waals surface area contributed by atoms with Crippen LogP contribution in [0.2, 0.25) is 0 Å². The molecule has 0 unspecified atom stereocenters. The van der Waals surface area contributed by atoms with Crippen molar-refractivity contribution in [2.75, 3.05) is 42.7 Å². The number of alkyl halides is 5. The highest BCUT2D eigenvalue weighted by Crippen LogP contribution is 2.33. The molecule has 1 aliphatic rings. The summed E-state index contributed by atoms with van der Waals surface area (Å²) in [6.45, 7) is 2.84. The zero-order valence-corrected chi connectivity index (χ0v) is 24.0. The third-order valence-corrected chi connectivity index (χ3v) is 8.34. The first-order valence-corrected chi connectivity index (χ1v) is 14.6. The Balaban J connectivity index is 0.000000708. The summed E-state index contributed by atoms with van der Waals surface area (Å²) in [5.41, 5.74) is 6.88. The number of nitrogens with one attached hydrogen (secondary N) is 1. The highest BCUT2D eigenvalue weighted by molar-refractivity contribution is 9.10. The number of hydrogen-bond donors (Lipinski definition) is 3. The van der Waals surface area contributed by atoms with E-state index < -0.39 is 33.7 Å². The summed E-state index contributed by atoms with van der Waals surface area (Å²) in [5.74, 6) is -5.53. The third-order valence-electron chi connectivity index (χ3n) is 5.74. The van der Waals surface area contributed by atoms with E-state index >= 15 is 0 Å². The van der Waals surface area contributed by atoms with Crippen molar-refractivity contribution >= 4 is 49.0 Å². The molecule has 0 spiro atoms. The maximum Gasteiger partial charge on any atom is 0.490 e. The lowest BCUT2D eigenvalue weighted by molar-refractivity contribution is -0.192. The van der Waals surface area contributed by atoms with Crippen LogP contribution in [0.4, 0.5) is 33.5 Å². The Labute approximate surface area is 236 Å². The van der Waals surface area contributed by atoms with Crippen molar-refractivity contribution in [2.24, 2.45) is 10.1 Å². The fourth-order valence-corrected chi connectivity index (χ4v) is 5.24. The number of nitrogens with zero attached hydrogens (tertiary/aromatic N) is 3. The molecule has 40 heavy (non-hydrogen) atoms. The highest BCUT2D eigenvalue weighted by Gasteiger charge is 2.38. The molecule has 1 amide bonds. The van der Waals surface area contributed by atoms with E-state index in [-0.39, 0.29) is 25.9 Å². The lowest BCUT2D eigenvalue weighted by Crippen LogP contribution is -2.30. The number of carboxylic acids is 1. The van der Waals surface area contributed by atoms with Crippen molar-refractivity contribution in [3.8, 4) is 0 Å². The van der Waals surface area contributed by atoms with Crippen molar-refractivity contribution < 1.29 is 40.9 Å². The van der Waals surface area contributed by atoms with Crippen molar-refractivity contribution in [2.45, 2.75) is 43.2 Å². The van der Waals surface area contributed by atoms with Gasteiger partial charge >= 0.3 is 12.1 Å². The first kappa shape index (κ1) is 33.4. The van der Waals surface area contributed by atoms with Crippen molar-refractivity contribution in [3.63, 3.8) is 0 Å². The lowest BCUT2D eigenvalue weighted by atomic mass is 10.1. The minimum atomic E-state index is -5.08. The van der Waals surface area contributed by atoms with Crippen LogP contribution in [0.1, 0.15) is 35.2 Å². The Morgan fingerprint density at radius 2 is 1.93 bits per heavy atom. The number of halogens is 6. The molecule has 1 aliphatic heterocycles. The quantitative estimate of drug-likeness (QED) is 0.368. The monoisotopic (exact) mass is 657 g/mol. The maximum atomic E-state index is 13.9. The molecule has 0 radical (unpaired) electrons. The zero-order valence-electron chi connectivity index (χ0n) is 21.6. The Bertz CT molecular complexity index is 1350. The van der Waals surface area contributed by atoms with Gasteiger partial charge in [0.1, 0.15) is 5.82 Å². The third kappa shape index (κ3) is 9.37. The molecule has 0 bridgehead atoms. The number of nitrogens with two attached hydrogens (primary N) is 1. The van der Waals surface area contributed by atoms with Gasteiger partial charge in [-0.25, -0.2) is 27.1 Å². The lowest BCUT2D eigenvalue weighted by Gasteiger charge is -2.25. The number of aliphatic carboxylic acids is 1. The molecular formula is C24H29BrF5N5O4S. The van der Waals surface area contributed by atoms with Crippen LogP contribution in [-0.2, 0) is 14.5 Å². The van der Waals surface area contributed by atoms with E-state index in [0.717, 1.165) is 0 Å². The number of carbonyl (C=O) groups excluding carboxylic acids is 1. The fourth-order valence-electron chi connectivity index (χ4n) is 3.66. The Morgan fingerprint density at radius 3 is 2.52 bits per heavy atom. The summed E-state index contributed by atoms with van der Waals surface area (Å²) in [6.07, 6.45) is -2.14. The van der Waals surface area contributed by atoms with Gasteiger partial charge in [-0.1, -0.05) is 6.07 Å². The fraction of sp³-hybridized carbons (Fsp3) is 0.458. The maximum absolute atomic E-state index is 13.9. The number of rotatable bonds is 6. The van der Waals surface area contributed by atoms with E-state index in [0.29, 0.717) is 51.5 Å². The van der Waals surface area contributed by atoms with Crippen molar-refractivity contribution in [3.05, 3.63) is 46.1 Å². The molecule has 0 saturated carbocycles. The van der Waals surface area contributed by atoms with Gasteiger partial charge in [0.2, 0.25) is 5.92 Å². The number of anilines is 2. The van der Waals surface area contributed by atoms with Crippen LogP contribution in [-0.4, -0.2) is 70.7 Å². The zero-order chi connectivity index (χ0) is 30.3. The van der Waals surface area contributed by atoms with Gasteiger partial charge in [-0.15, -0.1) is 0 Å². The summed E-state index contributed by atoms with van der Waals surface area (Å²) in [6, 6.07) is 6.68. The van der Waals surface area contributed by atoms with E-state index in [2.05, 4.69) is 30.6 Å². The van der Waals surface area contributed by atoms with Gasteiger partial charge in [-0.05, 0) is 53.0 Å². The molecule has 1 aromatic heterocycles. The second kappa shape index (κ2) is 13.7. The summed E-state index contributed by atoms with van der Waals surface area (Å²) in [5, 5.41) is 9.96. The summed E-state index contributed by atoms with van der Waals surface area (Å²) in [7, 11) is -2.66. The number of carboxylic acid groups (broad SMARTS) is 1. The van der Waals surface area contributed by atoms with E-state index in [4.69, 9.17) is 15.6 Å². The van der Waals surface area contributed by atoms with Crippen molar-refractivity contribution in [1.29, 1.82) is 0 Å². The van der Waals surface area contributed by atoms with Crippen LogP contribution in [0.3, 0.4) is 0 Å². The predicted octanol–water partition coefficient (Wildman–Crippen LogP) is 5.08. The first-order chi connectivity index (χ1) is 18.5. The molecule has 2 heterocycles. The van der Waals surface area contributed by atoms with Crippen LogP contribution < -0.4 is 16.0 Å². The summed E-state index contributed by atoms with van der Waals surface area (Å²) >= 11 is 3.41. The minimum Gasteiger partial charge on any atom is -0.475 e. The number of carbonyl (C=O) groups is 2. The molecule has 0 aliphatic carbocycles. The van der Waals surface area contributed by atoms with Gasteiger partial charge in [-0.2, -0.15) is 13.2 Å². The largest absolute Gasteiger partial charge is 0.490 e. The Hall–Kier alpha value is -2.85. The number of hydrogen-bond acceptors (Lipinski definition) is 7. The van der Waals surface area contributed by atoms with Gasteiger partial charge in [0.15, 0.2) is 0 Å². The number of pyridine rings is 1. The molecule has 1 atom stereocenters. The Morgan fingerprint density at radius 1 is 1.27 bits per heavy atom. The highest BCUT2D eigenvalue weighted by atomic mass is 79.9. The number of benzene rings is 1. The van der Waals surface area contributed by atoms with E-state index in [1.54, 1.807) is 42.3 Å². The van der Waals surface area contributed by atoms with Gasteiger partial charge in [0, 0.05) is 60.0 Å². The van der Waals surface area contributed by atoms with Gasteiger partial charge < -0.3 is 21.1 Å². The average Bonchev–Trinajstić information content (AvgIpc) is 3.04. The minimum absolute atomic E-state index is 0.109. The van der Waals surface area contributed by atoms with Crippen LogP contribution in [0.15, 0.2) is 44.2 Å². The SMILES string of the molecule is Cc1c(Br)cnc(N2CCCC(F)(F)CC2)c1C(=O)Nc1cccc([S@@](C)(=O)=NCCN)c1.O=C(O)C(F)(F)F. The van der Waals surface area contributed by atoms with Crippen LogP contribution in [0.5, 0.6) is 0 Å². The standard InChI is InChI=1S/C22H28BrF2N5O2S.C2HF3O2/c1-15-18(23)14-27-20(30-11-4-7-22(24,25)8-12-30)19(15)21(31)29-16-5-3-6-17(13-16)33(2,32)28-10-9-26;3-2(4,5)1(6)7/h3,5-6,13-14H,4,7-12,26H2,1-2H3,(H,29,31);(H,6,7)/t33-;/m1./s1. The molecule has 3 rings (SSSR count). The molecule has 1 aromatic carbocycles. The Kier molecular flexibility index (Phi) is 11.4. The van der Waals surface area contributed by atoms with Crippen LogP contribution in [0.25, 0.3) is 0 Å². The normalized spacial score (nSPS) is 16.6. The molecule has 222 valence electrons. The molecule has 4 N–H and O–H groups in total. The molecule has 9 nitrogen and oxygen atoms in total. The molecular weight excluding hydrogens is 629 g/mol. The topological polar surface area (TPSA) is 138 Å². The first-order valence-electron chi connectivity index (χ1n) is 11.9.